The monoisotopic (exact) mass is 459 g/mol. The number of carbonyl (C=O) groups is 1. The number of benzene rings is 2. The second-order valence-electron chi connectivity index (χ2n) is 8.69. The van der Waals surface area contributed by atoms with E-state index in [1.807, 2.05) is 23.1 Å². The summed E-state index contributed by atoms with van der Waals surface area (Å²) in [7, 11) is -3.32. The topological polar surface area (TPSA) is 83.1 Å². The zero-order valence-electron chi connectivity index (χ0n) is 18.6. The van der Waals surface area contributed by atoms with Crippen LogP contribution in [0.25, 0.3) is 22.2 Å². The van der Waals surface area contributed by atoms with Gasteiger partial charge in [0.2, 0.25) is 0 Å². The van der Waals surface area contributed by atoms with Crippen molar-refractivity contribution >= 4 is 26.8 Å². The van der Waals surface area contributed by atoms with Gasteiger partial charge >= 0.3 is 0 Å². The smallest absolute Gasteiger partial charge is 0.256 e. The Balaban J connectivity index is 1.46. The number of rotatable bonds is 4. The van der Waals surface area contributed by atoms with Crippen LogP contribution in [-0.2, 0) is 22.8 Å². The fraction of sp³-hybridized carbons (Fsp3) is 0.231. The van der Waals surface area contributed by atoms with Crippen molar-refractivity contribution in [3.05, 3.63) is 83.7 Å². The molecule has 0 spiro atoms. The number of hydrogen-bond acceptors (Lipinski definition) is 4. The molecular formula is C26H25N3O3S. The van der Waals surface area contributed by atoms with Gasteiger partial charge in [-0.3, -0.25) is 4.79 Å². The van der Waals surface area contributed by atoms with Gasteiger partial charge in [0.25, 0.3) is 5.91 Å². The highest BCUT2D eigenvalue weighted by Gasteiger charge is 2.24. The van der Waals surface area contributed by atoms with Crippen LogP contribution < -0.4 is 0 Å². The summed E-state index contributed by atoms with van der Waals surface area (Å²) in [5, 5.41) is 0.284. The Bertz CT molecular complexity index is 1450. The molecule has 0 atom stereocenters. The van der Waals surface area contributed by atoms with E-state index in [4.69, 9.17) is 0 Å². The van der Waals surface area contributed by atoms with Crippen LogP contribution in [0.4, 0.5) is 0 Å². The molecule has 3 heterocycles. The Morgan fingerprint density at radius 2 is 1.76 bits per heavy atom. The van der Waals surface area contributed by atoms with Crippen LogP contribution in [0.1, 0.15) is 35.3 Å². The van der Waals surface area contributed by atoms with E-state index in [2.05, 4.69) is 22.1 Å². The molecule has 1 amide bonds. The normalized spacial score (nSPS) is 14.0. The lowest BCUT2D eigenvalue weighted by Gasteiger charge is -2.28. The van der Waals surface area contributed by atoms with Crippen molar-refractivity contribution in [3.8, 4) is 11.1 Å². The van der Waals surface area contributed by atoms with E-state index in [1.165, 1.54) is 11.1 Å². The van der Waals surface area contributed by atoms with Gasteiger partial charge in [0.1, 0.15) is 5.65 Å². The quantitative estimate of drug-likeness (QED) is 0.483. The summed E-state index contributed by atoms with van der Waals surface area (Å²) in [6.45, 7) is 4.63. The van der Waals surface area contributed by atoms with Crippen molar-refractivity contribution in [1.29, 1.82) is 0 Å². The first kappa shape index (κ1) is 21.4. The number of hydrogen-bond donors (Lipinski definition) is 1. The minimum absolute atomic E-state index is 0.0203. The molecule has 1 aliphatic rings. The highest BCUT2D eigenvalue weighted by molar-refractivity contribution is 7.92. The molecule has 1 aliphatic heterocycles. The van der Waals surface area contributed by atoms with Crippen LogP contribution in [0, 0.1) is 0 Å². The van der Waals surface area contributed by atoms with Gasteiger partial charge in [-0.25, -0.2) is 13.4 Å². The van der Waals surface area contributed by atoms with Crippen molar-refractivity contribution in [2.45, 2.75) is 37.0 Å². The van der Waals surface area contributed by atoms with Crippen molar-refractivity contribution in [2.75, 3.05) is 6.54 Å². The zero-order valence-corrected chi connectivity index (χ0v) is 19.4. The lowest BCUT2D eigenvalue weighted by molar-refractivity contribution is 0.0736. The average Bonchev–Trinajstić information content (AvgIpc) is 3.26. The Hall–Kier alpha value is -3.45. The Morgan fingerprint density at radius 1 is 1.03 bits per heavy atom. The molecule has 2 aromatic heterocycles. The molecule has 0 unspecified atom stereocenters. The summed E-state index contributed by atoms with van der Waals surface area (Å²) < 4.78 is 24.8. The van der Waals surface area contributed by atoms with E-state index in [0.29, 0.717) is 29.2 Å². The average molecular weight is 460 g/mol. The van der Waals surface area contributed by atoms with Gasteiger partial charge in [0.15, 0.2) is 9.84 Å². The van der Waals surface area contributed by atoms with Gasteiger partial charge < -0.3 is 9.88 Å². The first-order valence-corrected chi connectivity index (χ1v) is 12.6. The first-order valence-electron chi connectivity index (χ1n) is 11.0. The van der Waals surface area contributed by atoms with Crippen LogP contribution >= 0.6 is 0 Å². The second-order valence-corrected chi connectivity index (χ2v) is 11.2. The van der Waals surface area contributed by atoms with Crippen molar-refractivity contribution in [3.63, 3.8) is 0 Å². The van der Waals surface area contributed by atoms with Crippen LogP contribution in [0.2, 0.25) is 0 Å². The van der Waals surface area contributed by atoms with Crippen molar-refractivity contribution in [1.82, 2.24) is 14.9 Å². The van der Waals surface area contributed by atoms with Crippen molar-refractivity contribution < 1.29 is 13.2 Å². The molecule has 2 aromatic carbocycles. The summed E-state index contributed by atoms with van der Waals surface area (Å²) in [5.41, 5.74) is 5.41. The largest absolute Gasteiger partial charge is 0.345 e. The van der Waals surface area contributed by atoms with Gasteiger partial charge in [0.05, 0.1) is 15.7 Å². The van der Waals surface area contributed by atoms with Gasteiger partial charge in [-0.15, -0.1) is 0 Å². The summed E-state index contributed by atoms with van der Waals surface area (Å²) in [6, 6.07) is 17.0. The Morgan fingerprint density at radius 3 is 2.48 bits per heavy atom. The Labute approximate surface area is 193 Å². The summed E-state index contributed by atoms with van der Waals surface area (Å²) in [4.78, 5) is 23.2. The highest BCUT2D eigenvalue weighted by Crippen LogP contribution is 2.28. The maximum absolute atomic E-state index is 13.4. The third-order valence-corrected chi connectivity index (χ3v) is 8.49. The summed E-state index contributed by atoms with van der Waals surface area (Å²) in [5.74, 6) is -0.0203. The maximum atomic E-state index is 13.4. The highest BCUT2D eigenvalue weighted by atomic mass is 32.2. The van der Waals surface area contributed by atoms with Crippen molar-refractivity contribution in [2.24, 2.45) is 0 Å². The van der Waals surface area contributed by atoms with Gasteiger partial charge in [-0.2, -0.15) is 0 Å². The zero-order chi connectivity index (χ0) is 23.2. The molecule has 0 bridgehead atoms. The van der Waals surface area contributed by atoms with E-state index in [-0.39, 0.29) is 5.91 Å². The fourth-order valence-corrected chi connectivity index (χ4v) is 5.35. The Kier molecular flexibility index (Phi) is 5.29. The number of amides is 1. The molecule has 7 heteroatoms. The molecule has 0 saturated carbocycles. The van der Waals surface area contributed by atoms with Crippen LogP contribution in [0.3, 0.4) is 0 Å². The molecule has 0 radical (unpaired) electrons. The first-order chi connectivity index (χ1) is 15.8. The van der Waals surface area contributed by atoms with E-state index < -0.39 is 15.1 Å². The van der Waals surface area contributed by atoms with E-state index in [1.54, 1.807) is 50.5 Å². The summed E-state index contributed by atoms with van der Waals surface area (Å²) in [6.07, 6.45) is 4.30. The number of pyridine rings is 1. The standard InChI is InChI=1S/C26H25N3O3S/c1-17(2)33(31,32)22-9-7-19(8-10-22)21-13-23-24(15-28-25(23)27-14-21)26(30)29-12-11-18-5-3-4-6-20(18)16-29/h3-10,13-15,17H,11-12,16H2,1-2H3,(H,27,28). The molecule has 4 aromatic rings. The van der Waals surface area contributed by atoms with E-state index in [0.717, 1.165) is 22.9 Å². The molecule has 0 fully saturated rings. The molecule has 6 nitrogen and oxygen atoms in total. The second kappa shape index (κ2) is 8.15. The number of fused-ring (bicyclic) bond motifs is 2. The number of aromatic amines is 1. The van der Waals surface area contributed by atoms with Gasteiger partial charge in [-0.05, 0) is 55.2 Å². The molecule has 5 rings (SSSR count). The SMILES string of the molecule is CC(C)S(=O)(=O)c1ccc(-c2cnc3[nH]cc(C(=O)N4CCc5ccccc5C4)c3c2)cc1. The number of H-pyrrole nitrogens is 1. The van der Waals surface area contributed by atoms with E-state index >= 15 is 0 Å². The third kappa shape index (κ3) is 3.82. The number of sulfone groups is 1. The fourth-order valence-electron chi connectivity index (χ4n) is 4.29. The molecule has 168 valence electrons. The van der Waals surface area contributed by atoms with Crippen LogP contribution in [0.15, 0.2) is 71.9 Å². The molecule has 0 aliphatic carbocycles. The van der Waals surface area contributed by atoms with Crippen LogP contribution in [0.5, 0.6) is 0 Å². The summed E-state index contributed by atoms with van der Waals surface area (Å²) >= 11 is 0. The number of aromatic nitrogens is 2. The van der Waals surface area contributed by atoms with Gasteiger partial charge in [0, 0.05) is 36.4 Å². The number of nitrogens with zero attached hydrogens (tertiary/aromatic N) is 2. The van der Waals surface area contributed by atoms with Crippen LogP contribution in [-0.4, -0.2) is 41.0 Å². The van der Waals surface area contributed by atoms with Gasteiger partial charge in [-0.1, -0.05) is 36.4 Å². The minimum atomic E-state index is -3.32. The molecular weight excluding hydrogens is 434 g/mol. The predicted molar refractivity (Wildman–Crippen MR) is 129 cm³/mol. The maximum Gasteiger partial charge on any atom is 0.256 e. The number of nitrogens with one attached hydrogen (secondary N) is 1. The lowest BCUT2D eigenvalue weighted by Crippen LogP contribution is -2.35. The molecule has 33 heavy (non-hydrogen) atoms. The van der Waals surface area contributed by atoms with E-state index in [9.17, 15) is 13.2 Å². The molecule has 0 saturated heterocycles. The third-order valence-electron chi connectivity index (χ3n) is 6.32. The molecule has 1 N–H and O–H groups in total. The predicted octanol–water partition coefficient (Wildman–Crippen LogP) is 4.61. The lowest BCUT2D eigenvalue weighted by atomic mass is 9.99. The minimum Gasteiger partial charge on any atom is -0.345 e. The number of carbonyl (C=O) groups excluding carboxylic acids is 1.